The van der Waals surface area contributed by atoms with Crippen molar-refractivity contribution in [3.8, 4) is 0 Å². The molecular weight excluding hydrogens is 208 g/mol. The van der Waals surface area contributed by atoms with Crippen LogP contribution >= 0.6 is 0 Å². The van der Waals surface area contributed by atoms with E-state index in [4.69, 9.17) is 9.47 Å². The molecule has 2 aliphatic rings. The molecule has 0 saturated carbocycles. The molecule has 90 valence electrons. The van der Waals surface area contributed by atoms with E-state index >= 15 is 0 Å². The van der Waals surface area contributed by atoms with Gasteiger partial charge < -0.3 is 9.47 Å². The van der Waals surface area contributed by atoms with Crippen LogP contribution < -0.4 is 0 Å². The smallest absolute Gasteiger partial charge is 0.319 e. The maximum Gasteiger partial charge on any atom is 0.319 e. The third-order valence-electron chi connectivity index (χ3n) is 3.68. The van der Waals surface area contributed by atoms with E-state index in [0.717, 1.165) is 25.9 Å². The van der Waals surface area contributed by atoms with Crippen LogP contribution in [0, 0.1) is 5.41 Å². The van der Waals surface area contributed by atoms with Crippen LogP contribution in [0.5, 0.6) is 0 Å². The molecule has 2 unspecified atom stereocenters. The van der Waals surface area contributed by atoms with Crippen LogP contribution in [0.25, 0.3) is 0 Å². The van der Waals surface area contributed by atoms with Crippen LogP contribution in [-0.4, -0.2) is 31.1 Å². The van der Waals surface area contributed by atoms with E-state index in [1.54, 1.807) is 0 Å². The quantitative estimate of drug-likeness (QED) is 0.540. The van der Waals surface area contributed by atoms with Gasteiger partial charge in [-0.05, 0) is 32.6 Å². The fraction of sp³-hybridized carbons (Fsp3) is 0.833. The normalized spacial score (nSPS) is 34.8. The molecular formula is C12H18O4. The number of ether oxygens (including phenoxy) is 2. The van der Waals surface area contributed by atoms with Gasteiger partial charge in [0.2, 0.25) is 0 Å². The fourth-order valence-corrected chi connectivity index (χ4v) is 2.56. The highest BCUT2D eigenvalue weighted by atomic mass is 16.5. The Morgan fingerprint density at radius 1 is 1.44 bits per heavy atom. The van der Waals surface area contributed by atoms with E-state index in [9.17, 15) is 9.59 Å². The highest BCUT2D eigenvalue weighted by Gasteiger charge is 2.50. The van der Waals surface area contributed by atoms with E-state index in [-0.39, 0.29) is 17.9 Å². The lowest BCUT2D eigenvalue weighted by Crippen LogP contribution is -2.39. The first-order valence-electron chi connectivity index (χ1n) is 5.95. The van der Waals surface area contributed by atoms with Crippen LogP contribution in [0.4, 0.5) is 0 Å². The van der Waals surface area contributed by atoms with E-state index in [1.807, 2.05) is 0 Å². The van der Waals surface area contributed by atoms with Gasteiger partial charge in [-0.25, -0.2) is 0 Å². The van der Waals surface area contributed by atoms with Gasteiger partial charge in [-0.15, -0.1) is 0 Å². The molecule has 0 aliphatic carbocycles. The molecule has 2 atom stereocenters. The molecule has 2 rings (SSSR count). The predicted octanol–water partition coefficient (Wildman–Crippen LogP) is 1.47. The van der Waals surface area contributed by atoms with Gasteiger partial charge >= 0.3 is 5.97 Å². The number of carbonyl (C=O) groups is 2. The Labute approximate surface area is 95.3 Å². The van der Waals surface area contributed by atoms with Crippen molar-refractivity contribution in [2.45, 2.75) is 45.1 Å². The van der Waals surface area contributed by atoms with Crippen LogP contribution in [0.1, 0.15) is 39.0 Å². The van der Waals surface area contributed by atoms with Gasteiger partial charge in [0.1, 0.15) is 11.2 Å². The van der Waals surface area contributed by atoms with Crippen molar-refractivity contribution in [1.29, 1.82) is 0 Å². The van der Waals surface area contributed by atoms with E-state index in [0.29, 0.717) is 19.4 Å². The van der Waals surface area contributed by atoms with Gasteiger partial charge in [-0.2, -0.15) is 0 Å². The summed E-state index contributed by atoms with van der Waals surface area (Å²) in [6, 6.07) is 0. The summed E-state index contributed by atoms with van der Waals surface area (Å²) in [6.07, 6.45) is 4.20. The number of cyclic esters (lactones) is 1. The standard InChI is InChI=1S/C12H18O4/c1-9(13)12(5-7-16-11(12)14)8-10-4-2-3-6-15-10/h10H,2-8H2,1H3. The average molecular weight is 226 g/mol. The van der Waals surface area contributed by atoms with Crippen molar-refractivity contribution >= 4 is 11.8 Å². The predicted molar refractivity (Wildman–Crippen MR) is 56.9 cm³/mol. The van der Waals surface area contributed by atoms with E-state index in [1.165, 1.54) is 6.92 Å². The van der Waals surface area contributed by atoms with Crippen LogP contribution in [0.15, 0.2) is 0 Å². The number of Topliss-reactive ketones (excluding diaryl/α,β-unsaturated/α-hetero) is 1. The summed E-state index contributed by atoms with van der Waals surface area (Å²) in [5, 5.41) is 0. The second kappa shape index (κ2) is 4.53. The molecule has 4 nitrogen and oxygen atoms in total. The van der Waals surface area contributed by atoms with Crippen LogP contribution in [0.3, 0.4) is 0 Å². The summed E-state index contributed by atoms with van der Waals surface area (Å²) in [5.74, 6) is -0.432. The monoisotopic (exact) mass is 226 g/mol. The molecule has 0 amide bonds. The zero-order valence-electron chi connectivity index (χ0n) is 9.66. The second-order valence-electron chi connectivity index (χ2n) is 4.72. The van der Waals surface area contributed by atoms with E-state index in [2.05, 4.69) is 0 Å². The molecule has 2 saturated heterocycles. The third-order valence-corrected chi connectivity index (χ3v) is 3.68. The third kappa shape index (κ3) is 1.98. The van der Waals surface area contributed by atoms with Crippen molar-refractivity contribution < 1.29 is 19.1 Å². The SMILES string of the molecule is CC(=O)C1(CC2CCCCO2)CCOC1=O. The van der Waals surface area contributed by atoms with Crippen molar-refractivity contribution in [2.24, 2.45) is 5.41 Å². The Morgan fingerprint density at radius 2 is 2.25 bits per heavy atom. The lowest BCUT2D eigenvalue weighted by atomic mass is 9.76. The molecule has 4 heteroatoms. The number of rotatable bonds is 3. The number of hydrogen-bond acceptors (Lipinski definition) is 4. The minimum Gasteiger partial charge on any atom is -0.465 e. The van der Waals surface area contributed by atoms with Gasteiger partial charge in [0.15, 0.2) is 0 Å². The Bertz CT molecular complexity index is 293. The lowest BCUT2D eigenvalue weighted by Gasteiger charge is -2.29. The minimum atomic E-state index is -0.915. The number of carbonyl (C=O) groups excluding carboxylic acids is 2. The summed E-state index contributed by atoms with van der Waals surface area (Å²) in [5.41, 5.74) is -0.915. The number of ketones is 1. The average Bonchev–Trinajstić information content (AvgIpc) is 2.63. The van der Waals surface area contributed by atoms with Gasteiger partial charge in [0.05, 0.1) is 12.7 Å². The van der Waals surface area contributed by atoms with Crippen LogP contribution in [-0.2, 0) is 19.1 Å². The van der Waals surface area contributed by atoms with Crippen molar-refractivity contribution in [3.63, 3.8) is 0 Å². The number of esters is 1. The summed E-state index contributed by atoms with van der Waals surface area (Å²) in [6.45, 7) is 2.59. The highest BCUT2D eigenvalue weighted by molar-refractivity contribution is 6.03. The molecule has 2 heterocycles. The molecule has 0 bridgehead atoms. The summed E-state index contributed by atoms with van der Waals surface area (Å²) in [4.78, 5) is 23.4. The van der Waals surface area contributed by atoms with Crippen LogP contribution in [0.2, 0.25) is 0 Å². The van der Waals surface area contributed by atoms with Gasteiger partial charge in [-0.1, -0.05) is 0 Å². The molecule has 0 aromatic rings. The van der Waals surface area contributed by atoms with Crippen molar-refractivity contribution in [1.82, 2.24) is 0 Å². The Hall–Kier alpha value is -0.900. The first-order chi connectivity index (χ1) is 7.65. The summed E-state index contributed by atoms with van der Waals surface area (Å²) >= 11 is 0. The Kier molecular flexibility index (Phi) is 3.28. The van der Waals surface area contributed by atoms with E-state index < -0.39 is 5.41 Å². The first-order valence-corrected chi connectivity index (χ1v) is 5.95. The zero-order chi connectivity index (χ0) is 11.6. The summed E-state index contributed by atoms with van der Waals surface area (Å²) < 4.78 is 10.6. The van der Waals surface area contributed by atoms with Crippen molar-refractivity contribution in [2.75, 3.05) is 13.2 Å². The highest BCUT2D eigenvalue weighted by Crippen LogP contribution is 2.38. The van der Waals surface area contributed by atoms with Gasteiger partial charge in [-0.3, -0.25) is 9.59 Å². The molecule has 0 radical (unpaired) electrons. The maximum absolute atomic E-state index is 11.7. The maximum atomic E-state index is 11.7. The summed E-state index contributed by atoms with van der Waals surface area (Å²) in [7, 11) is 0. The molecule has 0 aromatic heterocycles. The molecule has 0 N–H and O–H groups in total. The van der Waals surface area contributed by atoms with Gasteiger partial charge in [0.25, 0.3) is 0 Å². The fourth-order valence-electron chi connectivity index (χ4n) is 2.56. The zero-order valence-corrected chi connectivity index (χ0v) is 9.66. The topological polar surface area (TPSA) is 52.6 Å². The molecule has 2 aliphatic heterocycles. The Morgan fingerprint density at radius 3 is 2.75 bits per heavy atom. The second-order valence-corrected chi connectivity index (χ2v) is 4.72. The molecule has 16 heavy (non-hydrogen) atoms. The van der Waals surface area contributed by atoms with Gasteiger partial charge in [0, 0.05) is 13.0 Å². The minimum absolute atomic E-state index is 0.0447. The molecule has 2 fully saturated rings. The lowest BCUT2D eigenvalue weighted by molar-refractivity contribution is -0.153. The largest absolute Gasteiger partial charge is 0.465 e. The molecule has 0 aromatic carbocycles. The first kappa shape index (κ1) is 11.6. The molecule has 0 spiro atoms. The van der Waals surface area contributed by atoms with Crippen molar-refractivity contribution in [3.05, 3.63) is 0 Å². The number of hydrogen-bond donors (Lipinski definition) is 0. The Balaban J connectivity index is 2.08.